The molecule has 1 unspecified atom stereocenters. The van der Waals surface area contributed by atoms with Crippen LogP contribution in [-0.2, 0) is 9.53 Å². The van der Waals surface area contributed by atoms with Crippen LogP contribution in [0.25, 0.3) is 22.5 Å². The minimum Gasteiger partial charge on any atom is -0.378 e. The molecule has 1 aliphatic heterocycles. The van der Waals surface area contributed by atoms with Crippen LogP contribution in [0.1, 0.15) is 10.8 Å². The Morgan fingerprint density at radius 2 is 1.32 bits per heavy atom. The molecular formula is C27H24N4O2S. The average Bonchev–Trinajstić information content (AvgIpc) is 2.93. The molecule has 3 aromatic carbocycles. The van der Waals surface area contributed by atoms with Gasteiger partial charge in [-0.3, -0.25) is 4.79 Å². The highest BCUT2D eigenvalue weighted by Gasteiger charge is 2.29. The molecule has 0 aliphatic carbocycles. The molecule has 0 spiro atoms. The Hall–Kier alpha value is -3.55. The summed E-state index contributed by atoms with van der Waals surface area (Å²) in [4.78, 5) is 20.3. The number of rotatable bonds is 6. The lowest BCUT2D eigenvalue weighted by atomic mass is 10.0. The molecule has 0 radical (unpaired) electrons. The largest absolute Gasteiger partial charge is 0.378 e. The van der Waals surface area contributed by atoms with Crippen molar-refractivity contribution < 1.29 is 9.53 Å². The highest BCUT2D eigenvalue weighted by molar-refractivity contribution is 8.00. The second-order valence-corrected chi connectivity index (χ2v) is 8.94. The quantitative estimate of drug-likeness (QED) is 0.375. The number of nitrogens with zero attached hydrogens (tertiary/aromatic N) is 4. The number of amides is 1. The monoisotopic (exact) mass is 468 g/mol. The molecule has 1 saturated heterocycles. The first-order valence-corrected chi connectivity index (χ1v) is 12.1. The number of aromatic nitrogens is 3. The zero-order valence-electron chi connectivity index (χ0n) is 18.6. The molecule has 1 fully saturated rings. The maximum atomic E-state index is 13.5. The third-order valence-electron chi connectivity index (χ3n) is 5.63. The van der Waals surface area contributed by atoms with Gasteiger partial charge in [-0.2, -0.15) is 0 Å². The van der Waals surface area contributed by atoms with Gasteiger partial charge in [0, 0.05) is 24.2 Å². The van der Waals surface area contributed by atoms with Gasteiger partial charge in [0.2, 0.25) is 11.1 Å². The van der Waals surface area contributed by atoms with Crippen molar-refractivity contribution in [2.75, 3.05) is 26.3 Å². The first kappa shape index (κ1) is 22.3. The molecule has 1 atom stereocenters. The van der Waals surface area contributed by atoms with Crippen LogP contribution in [0.2, 0.25) is 0 Å². The van der Waals surface area contributed by atoms with Gasteiger partial charge >= 0.3 is 0 Å². The minimum absolute atomic E-state index is 0.0384. The first-order valence-electron chi connectivity index (χ1n) is 11.2. The van der Waals surface area contributed by atoms with Crippen LogP contribution >= 0.6 is 11.8 Å². The molecule has 1 amide bonds. The van der Waals surface area contributed by atoms with Crippen LogP contribution in [-0.4, -0.2) is 52.3 Å². The number of benzene rings is 3. The van der Waals surface area contributed by atoms with Gasteiger partial charge in [0.05, 0.1) is 13.2 Å². The molecular weight excluding hydrogens is 444 g/mol. The summed E-state index contributed by atoms with van der Waals surface area (Å²) in [6, 6.07) is 29.7. The van der Waals surface area contributed by atoms with Crippen molar-refractivity contribution in [2.45, 2.75) is 10.4 Å². The van der Waals surface area contributed by atoms with Gasteiger partial charge in [-0.05, 0) is 5.56 Å². The average molecular weight is 469 g/mol. The van der Waals surface area contributed by atoms with Crippen LogP contribution < -0.4 is 0 Å². The van der Waals surface area contributed by atoms with E-state index in [1.807, 2.05) is 95.9 Å². The molecule has 1 aliphatic rings. The lowest BCUT2D eigenvalue weighted by Gasteiger charge is -2.30. The summed E-state index contributed by atoms with van der Waals surface area (Å²) in [6.07, 6.45) is 0. The Morgan fingerprint density at radius 1 is 0.765 bits per heavy atom. The Morgan fingerprint density at radius 3 is 1.94 bits per heavy atom. The molecule has 7 heteroatoms. The van der Waals surface area contributed by atoms with Gasteiger partial charge < -0.3 is 9.64 Å². The predicted octanol–water partition coefficient (Wildman–Crippen LogP) is 4.90. The highest BCUT2D eigenvalue weighted by atomic mass is 32.2. The SMILES string of the molecule is O=C(C(Sc1nnc(-c2ccccc2)c(-c2ccccc2)n1)c1ccccc1)N1CCOCC1. The van der Waals surface area contributed by atoms with E-state index < -0.39 is 5.25 Å². The van der Waals surface area contributed by atoms with Gasteiger partial charge in [-0.25, -0.2) is 4.98 Å². The summed E-state index contributed by atoms with van der Waals surface area (Å²) in [7, 11) is 0. The molecule has 0 N–H and O–H groups in total. The maximum Gasteiger partial charge on any atom is 0.240 e. The summed E-state index contributed by atoms with van der Waals surface area (Å²) in [5, 5.41) is 9.01. The Kier molecular flexibility index (Phi) is 6.93. The van der Waals surface area contributed by atoms with E-state index in [4.69, 9.17) is 9.72 Å². The Labute approximate surface area is 203 Å². The van der Waals surface area contributed by atoms with E-state index >= 15 is 0 Å². The summed E-state index contributed by atoms with van der Waals surface area (Å²) in [5.74, 6) is 0.0384. The van der Waals surface area contributed by atoms with Crippen molar-refractivity contribution in [1.82, 2.24) is 20.1 Å². The fraction of sp³-hybridized carbons (Fsp3) is 0.185. The topological polar surface area (TPSA) is 68.2 Å². The standard InChI is InChI=1S/C27H24N4O2S/c32-26(31-16-18-33-19-17-31)25(22-14-8-3-9-15-22)34-27-28-23(20-10-4-1-5-11-20)24(29-30-27)21-12-6-2-7-13-21/h1-15,25H,16-19H2. The van der Waals surface area contributed by atoms with E-state index in [9.17, 15) is 4.79 Å². The van der Waals surface area contributed by atoms with Gasteiger partial charge in [0.1, 0.15) is 16.6 Å². The molecule has 2 heterocycles. The molecule has 5 rings (SSSR count). The van der Waals surface area contributed by atoms with E-state index in [0.717, 1.165) is 22.4 Å². The van der Waals surface area contributed by atoms with Crippen molar-refractivity contribution in [3.8, 4) is 22.5 Å². The van der Waals surface area contributed by atoms with E-state index in [0.29, 0.717) is 37.2 Å². The molecule has 34 heavy (non-hydrogen) atoms. The molecule has 4 aromatic rings. The second-order valence-electron chi connectivity index (χ2n) is 7.87. The minimum atomic E-state index is -0.465. The van der Waals surface area contributed by atoms with Crippen LogP contribution in [0.15, 0.2) is 96.2 Å². The molecule has 1 aromatic heterocycles. The van der Waals surface area contributed by atoms with Crippen LogP contribution in [0, 0.1) is 0 Å². The zero-order valence-corrected chi connectivity index (χ0v) is 19.4. The molecule has 0 saturated carbocycles. The van der Waals surface area contributed by atoms with E-state index in [2.05, 4.69) is 10.2 Å². The zero-order chi connectivity index (χ0) is 23.2. The number of ether oxygens (including phenoxy) is 1. The van der Waals surface area contributed by atoms with Crippen LogP contribution in [0.5, 0.6) is 0 Å². The van der Waals surface area contributed by atoms with Crippen molar-refractivity contribution in [2.24, 2.45) is 0 Å². The van der Waals surface area contributed by atoms with E-state index in [1.165, 1.54) is 11.8 Å². The number of carbonyl (C=O) groups excluding carboxylic acids is 1. The fourth-order valence-corrected chi connectivity index (χ4v) is 4.88. The van der Waals surface area contributed by atoms with Crippen molar-refractivity contribution in [3.63, 3.8) is 0 Å². The molecule has 0 bridgehead atoms. The number of hydrogen-bond acceptors (Lipinski definition) is 6. The lowest BCUT2D eigenvalue weighted by Crippen LogP contribution is -2.42. The highest BCUT2D eigenvalue weighted by Crippen LogP contribution is 2.37. The van der Waals surface area contributed by atoms with Gasteiger partial charge in [-0.1, -0.05) is 103 Å². The molecule has 170 valence electrons. The Balaban J connectivity index is 1.53. The van der Waals surface area contributed by atoms with Gasteiger partial charge in [-0.15, -0.1) is 10.2 Å². The fourth-order valence-electron chi connectivity index (χ4n) is 3.89. The van der Waals surface area contributed by atoms with Crippen LogP contribution in [0.4, 0.5) is 0 Å². The first-order chi connectivity index (χ1) is 16.8. The number of carbonyl (C=O) groups is 1. The predicted molar refractivity (Wildman–Crippen MR) is 133 cm³/mol. The van der Waals surface area contributed by atoms with Gasteiger partial charge in [0.15, 0.2) is 0 Å². The van der Waals surface area contributed by atoms with E-state index in [1.54, 1.807) is 0 Å². The van der Waals surface area contributed by atoms with Crippen LogP contribution in [0.3, 0.4) is 0 Å². The number of morpholine rings is 1. The van der Waals surface area contributed by atoms with Crippen molar-refractivity contribution in [3.05, 3.63) is 96.6 Å². The Bertz CT molecular complexity index is 1230. The third kappa shape index (κ3) is 5.00. The lowest BCUT2D eigenvalue weighted by molar-refractivity contribution is -0.134. The second kappa shape index (κ2) is 10.6. The van der Waals surface area contributed by atoms with Crippen molar-refractivity contribution >= 4 is 17.7 Å². The van der Waals surface area contributed by atoms with E-state index in [-0.39, 0.29) is 5.91 Å². The summed E-state index contributed by atoms with van der Waals surface area (Å²) in [6.45, 7) is 2.29. The number of hydrogen-bond donors (Lipinski definition) is 0. The molecule has 6 nitrogen and oxygen atoms in total. The van der Waals surface area contributed by atoms with Gasteiger partial charge in [0.25, 0.3) is 0 Å². The summed E-state index contributed by atoms with van der Waals surface area (Å²) in [5.41, 5.74) is 4.28. The smallest absolute Gasteiger partial charge is 0.240 e. The summed E-state index contributed by atoms with van der Waals surface area (Å²) >= 11 is 1.34. The third-order valence-corrected chi connectivity index (χ3v) is 6.73. The van der Waals surface area contributed by atoms with Crippen molar-refractivity contribution in [1.29, 1.82) is 0 Å². The number of thioether (sulfide) groups is 1. The maximum absolute atomic E-state index is 13.5. The summed E-state index contributed by atoms with van der Waals surface area (Å²) < 4.78 is 5.44. The normalized spacial score (nSPS) is 14.5.